The molecule has 1 atom stereocenters. The van der Waals surface area contributed by atoms with Gasteiger partial charge in [0.1, 0.15) is 17.3 Å². The van der Waals surface area contributed by atoms with E-state index in [9.17, 15) is 0 Å². The summed E-state index contributed by atoms with van der Waals surface area (Å²) in [4.78, 5) is 4.97. The van der Waals surface area contributed by atoms with Gasteiger partial charge in [-0.3, -0.25) is 4.57 Å². The Balaban J connectivity index is 1.35. The number of fused-ring (bicyclic) bond motifs is 3. The Morgan fingerprint density at radius 2 is 1.44 bits per heavy atom. The fraction of sp³-hybridized carbons (Fsp3) is 0.385. The second-order valence-corrected chi connectivity index (χ2v) is 19.4. The summed E-state index contributed by atoms with van der Waals surface area (Å²) in [5.41, 5.74) is 11.9. The molecular weight excluding hydrogens is 697 g/mol. The van der Waals surface area contributed by atoms with E-state index in [4.69, 9.17) is 14.8 Å². The quantitative estimate of drug-likeness (QED) is 0.140. The van der Waals surface area contributed by atoms with Crippen LogP contribution in [-0.4, -0.2) is 19.3 Å². The number of rotatable bonds is 10. The van der Waals surface area contributed by atoms with Gasteiger partial charge in [-0.2, -0.15) is 5.10 Å². The van der Waals surface area contributed by atoms with Crippen LogP contribution in [0.15, 0.2) is 103 Å². The summed E-state index contributed by atoms with van der Waals surface area (Å²) in [5.74, 6) is 2.96. The molecule has 0 bridgehead atoms. The third-order valence-corrected chi connectivity index (χ3v) is 11.5. The molecule has 0 fully saturated rings. The largest absolute Gasteiger partial charge is 0.457 e. The number of benzene rings is 4. The van der Waals surface area contributed by atoms with Crippen LogP contribution in [0.1, 0.15) is 129 Å². The molecule has 57 heavy (non-hydrogen) atoms. The summed E-state index contributed by atoms with van der Waals surface area (Å²) < 4.78 is 11.3. The Labute approximate surface area is 341 Å². The lowest BCUT2D eigenvalue weighted by Crippen LogP contribution is -2.13. The topological polar surface area (TPSA) is 44.9 Å². The number of pyridine rings is 1. The van der Waals surface area contributed by atoms with Gasteiger partial charge in [0.2, 0.25) is 0 Å². The molecule has 0 radical (unpaired) electrons. The highest BCUT2D eigenvalue weighted by molar-refractivity contribution is 6.09. The summed E-state index contributed by atoms with van der Waals surface area (Å²) in [5, 5.41) is 7.57. The smallest absolute Gasteiger partial charge is 0.137 e. The molecule has 0 saturated heterocycles. The van der Waals surface area contributed by atoms with Crippen LogP contribution in [-0.2, 0) is 17.3 Å². The minimum Gasteiger partial charge on any atom is -0.457 e. The van der Waals surface area contributed by atoms with Crippen LogP contribution in [0, 0.1) is 12.3 Å². The van der Waals surface area contributed by atoms with Crippen LogP contribution in [0.25, 0.3) is 44.4 Å². The van der Waals surface area contributed by atoms with Gasteiger partial charge >= 0.3 is 0 Å². The first-order valence-electron chi connectivity index (χ1n) is 20.9. The standard InChI is InChI=1S/C52H62N4O/c1-13-45-49(36-19-15-14-16-20-36)35(3)54-56(45)40-29-39(52(10,11)12)30-42(32-40)57-41-22-23-43-44-28-37(34(2)18-17-26-50(4,5)6)21-24-46(44)55(47(43)33-41)48-31-38(25-27-53-48)51(7,8)9/h14-16,19-25,27-34H,13,17-18,26H2,1-12H3. The van der Waals surface area contributed by atoms with Crippen molar-refractivity contribution in [1.29, 1.82) is 0 Å². The Morgan fingerprint density at radius 1 is 0.702 bits per heavy atom. The second-order valence-electron chi connectivity index (χ2n) is 19.4. The van der Waals surface area contributed by atoms with Gasteiger partial charge in [0, 0.05) is 34.7 Å². The van der Waals surface area contributed by atoms with Gasteiger partial charge in [-0.25, -0.2) is 9.67 Å². The molecule has 7 rings (SSSR count). The molecule has 0 saturated carbocycles. The van der Waals surface area contributed by atoms with E-state index in [-0.39, 0.29) is 10.8 Å². The van der Waals surface area contributed by atoms with Crippen LogP contribution in [0.4, 0.5) is 0 Å². The van der Waals surface area contributed by atoms with Crippen molar-refractivity contribution in [1.82, 2.24) is 19.3 Å². The predicted molar refractivity (Wildman–Crippen MR) is 241 cm³/mol. The van der Waals surface area contributed by atoms with Gasteiger partial charge in [0.15, 0.2) is 0 Å². The molecule has 0 amide bonds. The molecule has 0 aliphatic carbocycles. The maximum atomic E-state index is 6.90. The number of hydrogen-bond donors (Lipinski definition) is 0. The number of aryl methyl sites for hydroxylation is 1. The SMILES string of the molecule is CCc1c(-c2ccccc2)c(C)nn1-c1cc(Oc2ccc3c4cc(C(C)CCCC(C)(C)C)ccc4n(-c4cc(C(C)(C)C)ccn4)c3c2)cc(C(C)(C)C)c1. The number of ether oxygens (including phenoxy) is 1. The third-order valence-electron chi connectivity index (χ3n) is 11.5. The second kappa shape index (κ2) is 15.3. The predicted octanol–water partition coefficient (Wildman–Crippen LogP) is 14.6. The van der Waals surface area contributed by atoms with Crippen LogP contribution >= 0.6 is 0 Å². The van der Waals surface area contributed by atoms with Crippen LogP contribution in [0.3, 0.4) is 0 Å². The van der Waals surface area contributed by atoms with E-state index in [1.54, 1.807) is 0 Å². The number of hydrogen-bond acceptors (Lipinski definition) is 3. The van der Waals surface area contributed by atoms with Gasteiger partial charge in [-0.1, -0.05) is 119 Å². The molecule has 0 aliphatic rings. The first-order valence-corrected chi connectivity index (χ1v) is 20.9. The van der Waals surface area contributed by atoms with Crippen molar-refractivity contribution in [2.45, 2.75) is 126 Å². The van der Waals surface area contributed by atoms with E-state index >= 15 is 0 Å². The lowest BCUT2D eigenvalue weighted by molar-refractivity contribution is 0.354. The fourth-order valence-electron chi connectivity index (χ4n) is 8.18. The summed E-state index contributed by atoms with van der Waals surface area (Å²) in [7, 11) is 0. The number of nitrogens with zero attached hydrogens (tertiary/aromatic N) is 4. The Bertz CT molecular complexity index is 2530. The summed E-state index contributed by atoms with van der Waals surface area (Å²) in [6.45, 7) is 27.2. The van der Waals surface area contributed by atoms with E-state index in [2.05, 4.69) is 189 Å². The molecule has 1 unspecified atom stereocenters. The molecule has 0 spiro atoms. The molecule has 5 heteroatoms. The molecule has 4 aromatic carbocycles. The van der Waals surface area contributed by atoms with E-state index in [0.717, 1.165) is 46.2 Å². The molecule has 0 N–H and O–H groups in total. The van der Waals surface area contributed by atoms with Gasteiger partial charge in [-0.05, 0) is 119 Å². The van der Waals surface area contributed by atoms with Crippen molar-refractivity contribution in [2.24, 2.45) is 5.41 Å². The van der Waals surface area contributed by atoms with E-state index in [1.807, 2.05) is 6.20 Å². The van der Waals surface area contributed by atoms with E-state index < -0.39 is 0 Å². The Morgan fingerprint density at radius 3 is 2.12 bits per heavy atom. The van der Waals surface area contributed by atoms with Crippen molar-refractivity contribution in [3.05, 3.63) is 131 Å². The molecule has 3 aromatic heterocycles. The first kappa shape index (κ1) is 40.1. The fourth-order valence-corrected chi connectivity index (χ4v) is 8.18. The highest BCUT2D eigenvalue weighted by Crippen LogP contribution is 2.40. The van der Waals surface area contributed by atoms with Crippen molar-refractivity contribution in [3.63, 3.8) is 0 Å². The zero-order chi connectivity index (χ0) is 40.9. The van der Waals surface area contributed by atoms with Crippen LogP contribution in [0.5, 0.6) is 11.5 Å². The summed E-state index contributed by atoms with van der Waals surface area (Å²) >= 11 is 0. The third kappa shape index (κ3) is 8.44. The Hall–Kier alpha value is -5.16. The van der Waals surface area contributed by atoms with Crippen molar-refractivity contribution in [2.75, 3.05) is 0 Å². The molecular formula is C52H62N4O. The van der Waals surface area contributed by atoms with Crippen molar-refractivity contribution >= 4 is 21.8 Å². The molecule has 7 aromatic rings. The molecule has 3 heterocycles. The highest BCUT2D eigenvalue weighted by Gasteiger charge is 2.23. The highest BCUT2D eigenvalue weighted by atomic mass is 16.5. The normalized spacial score (nSPS) is 13.1. The minimum atomic E-state index is -0.105. The van der Waals surface area contributed by atoms with E-state index in [1.165, 1.54) is 63.5 Å². The molecule has 0 aliphatic heterocycles. The maximum Gasteiger partial charge on any atom is 0.137 e. The van der Waals surface area contributed by atoms with Gasteiger partial charge in [-0.15, -0.1) is 0 Å². The van der Waals surface area contributed by atoms with Gasteiger partial charge in [0.05, 0.1) is 28.1 Å². The molecule has 296 valence electrons. The zero-order valence-corrected chi connectivity index (χ0v) is 36.4. The lowest BCUT2D eigenvalue weighted by atomic mass is 9.86. The van der Waals surface area contributed by atoms with Crippen LogP contribution < -0.4 is 4.74 Å². The minimum absolute atomic E-state index is 0.0111. The van der Waals surface area contributed by atoms with Crippen molar-refractivity contribution in [3.8, 4) is 34.1 Å². The molecule has 5 nitrogen and oxygen atoms in total. The van der Waals surface area contributed by atoms with E-state index in [0.29, 0.717) is 11.3 Å². The van der Waals surface area contributed by atoms with Gasteiger partial charge < -0.3 is 4.74 Å². The van der Waals surface area contributed by atoms with Crippen molar-refractivity contribution < 1.29 is 4.74 Å². The average molecular weight is 759 g/mol. The van der Waals surface area contributed by atoms with Crippen LogP contribution in [0.2, 0.25) is 0 Å². The average Bonchev–Trinajstić information content (AvgIpc) is 3.67. The summed E-state index contributed by atoms with van der Waals surface area (Å²) in [6.07, 6.45) is 6.43. The monoisotopic (exact) mass is 758 g/mol. The first-order chi connectivity index (χ1) is 26.9. The number of aromatic nitrogens is 4. The van der Waals surface area contributed by atoms with Gasteiger partial charge in [0.25, 0.3) is 0 Å². The maximum absolute atomic E-state index is 6.90. The summed E-state index contributed by atoms with van der Waals surface area (Å²) in [6, 6.07) is 35.2. The zero-order valence-electron chi connectivity index (χ0n) is 36.4. The Kier molecular flexibility index (Phi) is 10.8. The lowest BCUT2D eigenvalue weighted by Gasteiger charge is -2.22.